The molecule has 0 bridgehead atoms. The number of rotatable bonds is 6. The molecule has 1 saturated heterocycles. The molecule has 106 valence electrons. The number of benzene rings is 1. The zero-order chi connectivity index (χ0) is 13.5. The lowest BCUT2D eigenvalue weighted by atomic mass is 9.93. The van der Waals surface area contributed by atoms with Crippen LogP contribution in [-0.4, -0.2) is 44.3 Å². The number of ether oxygens (including phenoxy) is 1. The fraction of sp³-hybridized carbons (Fsp3) is 0.625. The highest BCUT2D eigenvalue weighted by Crippen LogP contribution is 2.21. The molecular formula is C16H26N2O. The van der Waals surface area contributed by atoms with E-state index in [0.29, 0.717) is 5.92 Å². The van der Waals surface area contributed by atoms with Gasteiger partial charge in [-0.15, -0.1) is 0 Å². The smallest absolute Gasteiger partial charge is 0.0594 e. The van der Waals surface area contributed by atoms with Gasteiger partial charge in [-0.1, -0.05) is 31.2 Å². The molecule has 3 nitrogen and oxygen atoms in total. The predicted molar refractivity (Wildman–Crippen MR) is 79.5 cm³/mol. The maximum absolute atomic E-state index is 5.78. The van der Waals surface area contributed by atoms with Gasteiger partial charge in [0.25, 0.3) is 0 Å². The van der Waals surface area contributed by atoms with E-state index in [0.717, 1.165) is 52.2 Å². The summed E-state index contributed by atoms with van der Waals surface area (Å²) >= 11 is 0. The summed E-state index contributed by atoms with van der Waals surface area (Å²) in [6.07, 6.45) is 2.16. The molecular weight excluding hydrogens is 236 g/mol. The highest BCUT2D eigenvalue weighted by atomic mass is 16.5. The van der Waals surface area contributed by atoms with Crippen molar-refractivity contribution in [2.24, 2.45) is 5.73 Å². The van der Waals surface area contributed by atoms with Crippen LogP contribution in [0.4, 0.5) is 0 Å². The average Bonchev–Trinajstić information content (AvgIpc) is 2.48. The van der Waals surface area contributed by atoms with E-state index >= 15 is 0 Å². The summed E-state index contributed by atoms with van der Waals surface area (Å²) in [5, 5.41) is 0. The Bertz CT molecular complexity index is 358. The predicted octanol–water partition coefficient (Wildman–Crippen LogP) is 2.01. The monoisotopic (exact) mass is 262 g/mol. The van der Waals surface area contributed by atoms with Crippen molar-refractivity contribution in [3.05, 3.63) is 35.4 Å². The molecule has 1 aliphatic heterocycles. The first-order chi connectivity index (χ1) is 9.33. The van der Waals surface area contributed by atoms with Gasteiger partial charge in [-0.3, -0.25) is 4.90 Å². The zero-order valence-corrected chi connectivity index (χ0v) is 12.0. The maximum Gasteiger partial charge on any atom is 0.0594 e. The van der Waals surface area contributed by atoms with Gasteiger partial charge < -0.3 is 10.5 Å². The second-order valence-corrected chi connectivity index (χ2v) is 5.28. The normalized spacial score (nSPS) is 18.4. The summed E-state index contributed by atoms with van der Waals surface area (Å²) < 4.78 is 5.41. The van der Waals surface area contributed by atoms with Crippen molar-refractivity contribution in [1.82, 2.24) is 4.90 Å². The first kappa shape index (κ1) is 14.5. The van der Waals surface area contributed by atoms with E-state index < -0.39 is 0 Å². The van der Waals surface area contributed by atoms with Gasteiger partial charge in [0, 0.05) is 19.6 Å². The largest absolute Gasteiger partial charge is 0.379 e. The van der Waals surface area contributed by atoms with E-state index in [1.165, 1.54) is 11.1 Å². The molecule has 1 aromatic carbocycles. The summed E-state index contributed by atoms with van der Waals surface area (Å²) in [4.78, 5) is 2.50. The molecule has 0 amide bonds. The lowest BCUT2D eigenvalue weighted by Gasteiger charge is -2.30. The topological polar surface area (TPSA) is 38.5 Å². The standard InChI is InChI=1S/C16H26N2O/c1-2-14-3-5-15(6-4-14)16(7-8-17)13-18-9-11-19-12-10-18/h3-6,16H,2,7-13,17H2,1H3. The van der Waals surface area contributed by atoms with Crippen molar-refractivity contribution in [1.29, 1.82) is 0 Å². The van der Waals surface area contributed by atoms with E-state index in [-0.39, 0.29) is 0 Å². The molecule has 3 heteroatoms. The third-order valence-corrected chi connectivity index (χ3v) is 3.96. The molecule has 19 heavy (non-hydrogen) atoms. The van der Waals surface area contributed by atoms with Crippen molar-refractivity contribution in [3.8, 4) is 0 Å². The summed E-state index contributed by atoms with van der Waals surface area (Å²) in [7, 11) is 0. The van der Waals surface area contributed by atoms with E-state index in [2.05, 4.69) is 36.1 Å². The molecule has 0 radical (unpaired) electrons. The number of aryl methyl sites for hydroxylation is 1. The van der Waals surface area contributed by atoms with Crippen LogP contribution in [0.2, 0.25) is 0 Å². The molecule has 0 saturated carbocycles. The second-order valence-electron chi connectivity index (χ2n) is 5.28. The Balaban J connectivity index is 2.00. The number of hydrogen-bond acceptors (Lipinski definition) is 3. The van der Waals surface area contributed by atoms with Gasteiger partial charge in [0.15, 0.2) is 0 Å². The summed E-state index contributed by atoms with van der Waals surface area (Å²) in [5.74, 6) is 0.550. The molecule has 1 heterocycles. The minimum Gasteiger partial charge on any atom is -0.379 e. The second kappa shape index (κ2) is 7.63. The minimum absolute atomic E-state index is 0.550. The molecule has 2 N–H and O–H groups in total. The number of morpholine rings is 1. The van der Waals surface area contributed by atoms with E-state index in [4.69, 9.17) is 10.5 Å². The van der Waals surface area contributed by atoms with Crippen LogP contribution in [0.3, 0.4) is 0 Å². The fourth-order valence-electron chi connectivity index (χ4n) is 2.69. The van der Waals surface area contributed by atoms with Crippen LogP contribution in [0.25, 0.3) is 0 Å². The Morgan fingerprint density at radius 2 is 1.89 bits per heavy atom. The molecule has 2 rings (SSSR count). The van der Waals surface area contributed by atoms with Crippen LogP contribution in [0.1, 0.15) is 30.4 Å². The first-order valence-electron chi connectivity index (χ1n) is 7.42. The van der Waals surface area contributed by atoms with Crippen molar-refractivity contribution in [3.63, 3.8) is 0 Å². The van der Waals surface area contributed by atoms with Crippen LogP contribution in [-0.2, 0) is 11.2 Å². The van der Waals surface area contributed by atoms with Crippen LogP contribution in [0.5, 0.6) is 0 Å². The van der Waals surface area contributed by atoms with Gasteiger partial charge in [-0.05, 0) is 36.4 Å². The zero-order valence-electron chi connectivity index (χ0n) is 12.0. The maximum atomic E-state index is 5.78. The van der Waals surface area contributed by atoms with E-state index in [1.807, 2.05) is 0 Å². The molecule has 1 aliphatic rings. The quantitative estimate of drug-likeness (QED) is 0.852. The van der Waals surface area contributed by atoms with Crippen molar-refractivity contribution in [2.45, 2.75) is 25.7 Å². The van der Waals surface area contributed by atoms with Crippen LogP contribution in [0, 0.1) is 0 Å². The van der Waals surface area contributed by atoms with Crippen molar-refractivity contribution < 1.29 is 4.74 Å². The van der Waals surface area contributed by atoms with Gasteiger partial charge in [-0.2, -0.15) is 0 Å². The van der Waals surface area contributed by atoms with Gasteiger partial charge in [0.05, 0.1) is 13.2 Å². The van der Waals surface area contributed by atoms with Gasteiger partial charge in [-0.25, -0.2) is 0 Å². The Kier molecular flexibility index (Phi) is 5.83. The lowest BCUT2D eigenvalue weighted by molar-refractivity contribution is 0.0347. The minimum atomic E-state index is 0.550. The number of nitrogens with two attached hydrogens (primary N) is 1. The molecule has 1 unspecified atom stereocenters. The van der Waals surface area contributed by atoms with Crippen LogP contribution in [0.15, 0.2) is 24.3 Å². The fourth-order valence-corrected chi connectivity index (χ4v) is 2.69. The molecule has 1 fully saturated rings. The third-order valence-electron chi connectivity index (χ3n) is 3.96. The Hall–Kier alpha value is -0.900. The Morgan fingerprint density at radius 1 is 1.21 bits per heavy atom. The average molecular weight is 262 g/mol. The van der Waals surface area contributed by atoms with Gasteiger partial charge >= 0.3 is 0 Å². The summed E-state index contributed by atoms with van der Waals surface area (Å²) in [6.45, 7) is 7.88. The van der Waals surface area contributed by atoms with E-state index in [1.54, 1.807) is 0 Å². The number of hydrogen-bond donors (Lipinski definition) is 1. The van der Waals surface area contributed by atoms with Gasteiger partial charge in [0.2, 0.25) is 0 Å². The highest BCUT2D eigenvalue weighted by molar-refractivity contribution is 5.25. The summed E-state index contributed by atoms with van der Waals surface area (Å²) in [5.41, 5.74) is 8.61. The van der Waals surface area contributed by atoms with E-state index in [9.17, 15) is 0 Å². The SMILES string of the molecule is CCc1ccc(C(CCN)CN2CCOCC2)cc1. The third kappa shape index (κ3) is 4.30. The lowest BCUT2D eigenvalue weighted by Crippen LogP contribution is -2.39. The first-order valence-corrected chi connectivity index (χ1v) is 7.42. The van der Waals surface area contributed by atoms with Crippen LogP contribution >= 0.6 is 0 Å². The molecule has 0 aliphatic carbocycles. The van der Waals surface area contributed by atoms with Gasteiger partial charge in [0.1, 0.15) is 0 Å². The Morgan fingerprint density at radius 3 is 2.47 bits per heavy atom. The molecule has 1 atom stereocenters. The number of nitrogens with zero attached hydrogens (tertiary/aromatic N) is 1. The highest BCUT2D eigenvalue weighted by Gasteiger charge is 2.17. The van der Waals surface area contributed by atoms with Crippen molar-refractivity contribution >= 4 is 0 Å². The van der Waals surface area contributed by atoms with Crippen molar-refractivity contribution in [2.75, 3.05) is 39.4 Å². The molecule has 0 spiro atoms. The molecule has 1 aromatic rings. The Labute approximate surface area is 116 Å². The molecule has 0 aromatic heterocycles. The summed E-state index contributed by atoms with van der Waals surface area (Å²) in [6, 6.07) is 9.05. The van der Waals surface area contributed by atoms with Crippen LogP contribution < -0.4 is 5.73 Å².